The highest BCUT2D eigenvalue weighted by Crippen LogP contribution is 2.47. The zero-order valence-corrected chi connectivity index (χ0v) is 10.4. The highest BCUT2D eigenvalue weighted by molar-refractivity contribution is 5.92. The summed E-state index contributed by atoms with van der Waals surface area (Å²) in [6.45, 7) is 8.44. The van der Waals surface area contributed by atoms with Crippen molar-refractivity contribution in [3.63, 3.8) is 0 Å². The quantitative estimate of drug-likeness (QED) is 0.691. The molecule has 0 spiro atoms. The molecule has 3 rings (SSSR count). The first-order valence-corrected chi connectivity index (χ1v) is 6.22. The molecule has 0 unspecified atom stereocenters. The predicted octanol–water partition coefficient (Wildman–Crippen LogP) is 2.25. The number of hydrogen-bond acceptors (Lipinski definition) is 4. The summed E-state index contributed by atoms with van der Waals surface area (Å²) in [5.74, 6) is -0.202. The van der Waals surface area contributed by atoms with Crippen molar-refractivity contribution in [2.24, 2.45) is 11.1 Å². The van der Waals surface area contributed by atoms with Crippen LogP contribution in [0.5, 0.6) is 0 Å². The Morgan fingerprint density at radius 1 is 1.47 bits per heavy atom. The van der Waals surface area contributed by atoms with Crippen LogP contribution in [0, 0.1) is 5.92 Å². The van der Waals surface area contributed by atoms with Crippen molar-refractivity contribution in [2.45, 2.75) is 50.6 Å². The first kappa shape index (κ1) is 11.2. The molecular formula is C13H19NO3. The van der Waals surface area contributed by atoms with Gasteiger partial charge in [0.05, 0.1) is 11.3 Å². The minimum absolute atomic E-state index is 0.0416. The standard InChI is InChI=1S/C13H19NO3/c1-4-5-13-6-9-8-15-14-11(9)10(7-13)16-12(2,3)17-13/h4,9-10H,1,5-8H2,2-3H3/t9-,10+,13+/m1/s1. The maximum absolute atomic E-state index is 6.18. The molecule has 1 saturated heterocycles. The highest BCUT2D eigenvalue weighted by atomic mass is 16.7. The Hall–Kier alpha value is -0.870. The smallest absolute Gasteiger partial charge is 0.164 e. The molecule has 4 heteroatoms. The second-order valence-corrected chi connectivity index (χ2v) is 5.70. The second kappa shape index (κ2) is 3.56. The molecular weight excluding hydrogens is 218 g/mol. The van der Waals surface area contributed by atoms with Crippen LogP contribution in [-0.4, -0.2) is 29.8 Å². The molecule has 1 aliphatic carbocycles. The molecule has 1 saturated carbocycles. The number of fused-ring (bicyclic) bond motifs is 4. The fraction of sp³-hybridized carbons (Fsp3) is 0.769. The lowest BCUT2D eigenvalue weighted by Crippen LogP contribution is -2.59. The fourth-order valence-electron chi connectivity index (χ4n) is 3.37. The van der Waals surface area contributed by atoms with Gasteiger partial charge in [-0.3, -0.25) is 0 Å². The van der Waals surface area contributed by atoms with E-state index in [4.69, 9.17) is 14.3 Å². The van der Waals surface area contributed by atoms with E-state index in [1.807, 2.05) is 19.9 Å². The number of rotatable bonds is 2. The molecule has 3 atom stereocenters. The summed E-state index contributed by atoms with van der Waals surface area (Å²) in [4.78, 5) is 5.22. The summed E-state index contributed by atoms with van der Waals surface area (Å²) in [5.41, 5.74) is 0.923. The number of nitrogens with zero attached hydrogens (tertiary/aromatic N) is 1. The maximum Gasteiger partial charge on any atom is 0.164 e. The van der Waals surface area contributed by atoms with Gasteiger partial charge >= 0.3 is 0 Å². The van der Waals surface area contributed by atoms with E-state index in [-0.39, 0.29) is 11.7 Å². The minimum Gasteiger partial charge on any atom is -0.395 e. The highest BCUT2D eigenvalue weighted by Gasteiger charge is 2.54. The monoisotopic (exact) mass is 237 g/mol. The van der Waals surface area contributed by atoms with Crippen LogP contribution in [0.3, 0.4) is 0 Å². The summed E-state index contributed by atoms with van der Waals surface area (Å²) in [6, 6.07) is 0. The van der Waals surface area contributed by atoms with Gasteiger partial charge in [-0.15, -0.1) is 6.58 Å². The Labute approximate surface area is 102 Å². The van der Waals surface area contributed by atoms with Crippen molar-refractivity contribution in [1.29, 1.82) is 0 Å². The normalized spacial score (nSPS) is 42.4. The van der Waals surface area contributed by atoms with Crippen LogP contribution in [0.4, 0.5) is 0 Å². The van der Waals surface area contributed by atoms with Gasteiger partial charge in [-0.2, -0.15) is 0 Å². The molecule has 2 fully saturated rings. The molecule has 0 radical (unpaired) electrons. The molecule has 4 nitrogen and oxygen atoms in total. The molecule has 3 aliphatic rings. The summed E-state index contributed by atoms with van der Waals surface area (Å²) < 4.78 is 12.1. The van der Waals surface area contributed by atoms with Gasteiger partial charge in [-0.05, 0) is 26.7 Å². The molecule has 0 N–H and O–H groups in total. The van der Waals surface area contributed by atoms with Crippen molar-refractivity contribution in [1.82, 2.24) is 0 Å². The Balaban J connectivity index is 1.94. The minimum atomic E-state index is -0.554. The Bertz CT molecular complexity index is 377. The summed E-state index contributed by atoms with van der Waals surface area (Å²) in [5, 5.41) is 4.15. The van der Waals surface area contributed by atoms with E-state index in [1.165, 1.54) is 0 Å². The lowest BCUT2D eigenvalue weighted by molar-refractivity contribution is -0.330. The van der Waals surface area contributed by atoms with Gasteiger partial charge in [0, 0.05) is 12.3 Å². The number of ether oxygens (including phenoxy) is 2. The van der Waals surface area contributed by atoms with Crippen molar-refractivity contribution in [2.75, 3.05) is 6.61 Å². The average Bonchev–Trinajstić information content (AvgIpc) is 2.62. The first-order chi connectivity index (χ1) is 8.04. The van der Waals surface area contributed by atoms with Crippen LogP contribution >= 0.6 is 0 Å². The van der Waals surface area contributed by atoms with E-state index in [0.717, 1.165) is 25.0 Å². The van der Waals surface area contributed by atoms with E-state index in [2.05, 4.69) is 11.7 Å². The lowest BCUT2D eigenvalue weighted by Gasteiger charge is -2.52. The maximum atomic E-state index is 6.18. The molecule has 0 aromatic carbocycles. The van der Waals surface area contributed by atoms with Gasteiger partial charge in [0.25, 0.3) is 0 Å². The lowest BCUT2D eigenvalue weighted by atomic mass is 9.73. The molecule has 0 aromatic heterocycles. The third-order valence-corrected chi connectivity index (χ3v) is 3.77. The zero-order chi connectivity index (χ0) is 12.1. The van der Waals surface area contributed by atoms with Crippen LogP contribution in [0.2, 0.25) is 0 Å². The van der Waals surface area contributed by atoms with E-state index < -0.39 is 5.79 Å². The second-order valence-electron chi connectivity index (χ2n) is 5.70. The van der Waals surface area contributed by atoms with E-state index >= 15 is 0 Å². The van der Waals surface area contributed by atoms with E-state index in [9.17, 15) is 0 Å². The molecule has 2 bridgehead atoms. The van der Waals surface area contributed by atoms with Gasteiger partial charge in [-0.1, -0.05) is 11.2 Å². The topological polar surface area (TPSA) is 40.0 Å². The van der Waals surface area contributed by atoms with Crippen molar-refractivity contribution in [3.8, 4) is 0 Å². The Kier molecular flexibility index (Phi) is 2.35. The van der Waals surface area contributed by atoms with E-state index in [1.54, 1.807) is 0 Å². The third kappa shape index (κ3) is 1.79. The van der Waals surface area contributed by atoms with Gasteiger partial charge in [-0.25, -0.2) is 0 Å². The van der Waals surface area contributed by atoms with Crippen LogP contribution in [0.15, 0.2) is 17.8 Å². The number of oxime groups is 1. The molecule has 17 heavy (non-hydrogen) atoms. The molecule has 2 heterocycles. The molecule has 2 aliphatic heterocycles. The summed E-state index contributed by atoms with van der Waals surface area (Å²) in [7, 11) is 0. The van der Waals surface area contributed by atoms with Gasteiger partial charge in [0.2, 0.25) is 0 Å². The average molecular weight is 237 g/mol. The van der Waals surface area contributed by atoms with E-state index in [0.29, 0.717) is 12.5 Å². The Morgan fingerprint density at radius 3 is 3.06 bits per heavy atom. The van der Waals surface area contributed by atoms with Crippen molar-refractivity contribution in [3.05, 3.63) is 12.7 Å². The fourth-order valence-corrected chi connectivity index (χ4v) is 3.37. The van der Waals surface area contributed by atoms with Gasteiger partial charge in [0.15, 0.2) is 5.79 Å². The van der Waals surface area contributed by atoms with Crippen molar-refractivity contribution >= 4 is 5.71 Å². The van der Waals surface area contributed by atoms with Gasteiger partial charge in [0.1, 0.15) is 12.7 Å². The first-order valence-electron chi connectivity index (χ1n) is 6.22. The molecule has 0 aromatic rings. The Morgan fingerprint density at radius 2 is 2.29 bits per heavy atom. The van der Waals surface area contributed by atoms with Crippen LogP contribution in [0.1, 0.15) is 33.1 Å². The van der Waals surface area contributed by atoms with Gasteiger partial charge < -0.3 is 14.3 Å². The van der Waals surface area contributed by atoms with Crippen LogP contribution in [0.25, 0.3) is 0 Å². The largest absolute Gasteiger partial charge is 0.395 e. The SMILES string of the molecule is C=CC[C@]12C[C@@H]3CON=C3[C@H](C1)OC(C)(C)O2. The van der Waals surface area contributed by atoms with Crippen LogP contribution in [-0.2, 0) is 14.3 Å². The molecule has 0 amide bonds. The predicted molar refractivity (Wildman–Crippen MR) is 63.7 cm³/mol. The number of hydrogen-bond donors (Lipinski definition) is 0. The third-order valence-electron chi connectivity index (χ3n) is 3.77. The summed E-state index contributed by atoms with van der Waals surface area (Å²) in [6.07, 6.45) is 4.67. The summed E-state index contributed by atoms with van der Waals surface area (Å²) >= 11 is 0. The van der Waals surface area contributed by atoms with Crippen LogP contribution < -0.4 is 0 Å². The zero-order valence-electron chi connectivity index (χ0n) is 10.4. The van der Waals surface area contributed by atoms with Crippen molar-refractivity contribution < 1.29 is 14.3 Å². The molecule has 94 valence electrons.